The van der Waals surface area contributed by atoms with Gasteiger partial charge < -0.3 is 9.30 Å². The van der Waals surface area contributed by atoms with Gasteiger partial charge in [-0.15, -0.1) is 0 Å². The van der Waals surface area contributed by atoms with Crippen molar-refractivity contribution in [2.24, 2.45) is 0 Å². The summed E-state index contributed by atoms with van der Waals surface area (Å²) in [7, 11) is 1.57. The number of hydrogen-bond acceptors (Lipinski definition) is 5. The van der Waals surface area contributed by atoms with Gasteiger partial charge in [0, 0.05) is 30.8 Å². The Labute approximate surface area is 193 Å². The molecule has 34 heavy (non-hydrogen) atoms. The van der Waals surface area contributed by atoms with Gasteiger partial charge in [0.2, 0.25) is 0 Å². The van der Waals surface area contributed by atoms with Crippen molar-refractivity contribution in [2.45, 2.75) is 19.6 Å². The molecule has 0 aliphatic carbocycles. The summed E-state index contributed by atoms with van der Waals surface area (Å²) >= 11 is 0. The van der Waals surface area contributed by atoms with Crippen molar-refractivity contribution in [3.05, 3.63) is 105 Å². The monoisotopic (exact) mass is 459 g/mol. The molecule has 5 aromatic rings. The standard InChI is InChI=1S/C25H22FN5O3/c1-34-11-10-29-16-28-23-22(29)24(32)31(25(33)30(23)14-17-6-3-2-4-7-17)15-19-13-20(26)12-18-8-5-9-27-21(18)19/h2-9,12-13,16H,10-11,14-15H2,1H3. The van der Waals surface area contributed by atoms with Crippen LogP contribution in [0.4, 0.5) is 4.39 Å². The Hall–Kier alpha value is -4.11. The highest BCUT2D eigenvalue weighted by Crippen LogP contribution is 2.19. The van der Waals surface area contributed by atoms with Gasteiger partial charge in [0.15, 0.2) is 11.2 Å². The van der Waals surface area contributed by atoms with Crippen LogP contribution >= 0.6 is 0 Å². The largest absolute Gasteiger partial charge is 0.383 e. The molecule has 0 aliphatic heterocycles. The number of imidazole rings is 1. The topological polar surface area (TPSA) is 83.9 Å². The number of fused-ring (bicyclic) bond motifs is 2. The summed E-state index contributed by atoms with van der Waals surface area (Å²) in [6.07, 6.45) is 3.14. The molecule has 0 fully saturated rings. The van der Waals surface area contributed by atoms with Crippen LogP contribution in [0.3, 0.4) is 0 Å². The SMILES string of the molecule is COCCn1cnc2c1c(=O)n(Cc1cc(F)cc3cccnc13)c(=O)n2Cc1ccccc1. The van der Waals surface area contributed by atoms with E-state index in [9.17, 15) is 14.0 Å². The predicted molar refractivity (Wildman–Crippen MR) is 126 cm³/mol. The molecule has 0 saturated heterocycles. The zero-order chi connectivity index (χ0) is 23.7. The van der Waals surface area contributed by atoms with Gasteiger partial charge in [-0.05, 0) is 23.8 Å². The zero-order valence-corrected chi connectivity index (χ0v) is 18.5. The van der Waals surface area contributed by atoms with Crippen molar-refractivity contribution in [1.29, 1.82) is 0 Å². The average molecular weight is 459 g/mol. The molecule has 3 heterocycles. The minimum absolute atomic E-state index is 0.122. The van der Waals surface area contributed by atoms with Gasteiger partial charge in [-0.1, -0.05) is 36.4 Å². The maximum Gasteiger partial charge on any atom is 0.333 e. The van der Waals surface area contributed by atoms with E-state index in [1.165, 1.54) is 23.0 Å². The average Bonchev–Trinajstić information content (AvgIpc) is 3.27. The predicted octanol–water partition coefficient (Wildman–Crippen LogP) is 2.79. The summed E-state index contributed by atoms with van der Waals surface area (Å²) in [4.78, 5) is 35.9. The number of halogens is 1. The first-order chi connectivity index (χ1) is 16.6. The third kappa shape index (κ3) is 3.90. The quantitative estimate of drug-likeness (QED) is 0.374. The fourth-order valence-corrected chi connectivity index (χ4v) is 4.16. The zero-order valence-electron chi connectivity index (χ0n) is 18.5. The van der Waals surface area contributed by atoms with Crippen LogP contribution in [0.15, 0.2) is 76.7 Å². The highest BCUT2D eigenvalue weighted by atomic mass is 19.1. The van der Waals surface area contributed by atoms with Crippen LogP contribution in [-0.2, 0) is 24.4 Å². The van der Waals surface area contributed by atoms with Crippen LogP contribution in [0.25, 0.3) is 22.1 Å². The Morgan fingerprint density at radius 1 is 0.971 bits per heavy atom. The fraction of sp³-hybridized carbons (Fsp3) is 0.200. The van der Waals surface area contributed by atoms with Crippen LogP contribution in [-0.4, -0.2) is 37.4 Å². The fourth-order valence-electron chi connectivity index (χ4n) is 4.16. The van der Waals surface area contributed by atoms with E-state index in [2.05, 4.69) is 9.97 Å². The molecule has 0 N–H and O–H groups in total. The second kappa shape index (κ2) is 9.03. The van der Waals surface area contributed by atoms with E-state index in [4.69, 9.17) is 4.74 Å². The van der Waals surface area contributed by atoms with Crippen molar-refractivity contribution in [2.75, 3.05) is 13.7 Å². The molecule has 0 spiro atoms. The number of methoxy groups -OCH3 is 1. The second-order valence-electron chi connectivity index (χ2n) is 7.99. The molecule has 0 unspecified atom stereocenters. The number of rotatable bonds is 7. The van der Waals surface area contributed by atoms with Gasteiger partial charge >= 0.3 is 5.69 Å². The first-order valence-electron chi connectivity index (χ1n) is 10.8. The third-order valence-corrected chi connectivity index (χ3v) is 5.78. The number of ether oxygens (including phenoxy) is 1. The molecular weight excluding hydrogens is 437 g/mol. The molecule has 172 valence electrons. The number of pyridine rings is 1. The summed E-state index contributed by atoms with van der Waals surface area (Å²) < 4.78 is 23.8. The molecule has 3 aromatic heterocycles. The lowest BCUT2D eigenvalue weighted by molar-refractivity contribution is 0.188. The third-order valence-electron chi connectivity index (χ3n) is 5.78. The van der Waals surface area contributed by atoms with Crippen LogP contribution in [0.2, 0.25) is 0 Å². The molecule has 9 heteroatoms. The Morgan fingerprint density at radius 3 is 2.59 bits per heavy atom. The van der Waals surface area contributed by atoms with Crippen LogP contribution in [0.1, 0.15) is 11.1 Å². The molecule has 0 saturated carbocycles. The number of hydrogen-bond donors (Lipinski definition) is 0. The number of aromatic nitrogens is 5. The van der Waals surface area contributed by atoms with Gasteiger partial charge in [-0.25, -0.2) is 14.2 Å². The first kappa shape index (κ1) is 21.7. The van der Waals surface area contributed by atoms with Gasteiger partial charge in [-0.3, -0.25) is 18.9 Å². The van der Waals surface area contributed by atoms with Crippen molar-refractivity contribution >= 4 is 22.1 Å². The number of nitrogens with zero attached hydrogens (tertiary/aromatic N) is 5. The van der Waals surface area contributed by atoms with E-state index in [-0.39, 0.29) is 13.1 Å². The smallest absolute Gasteiger partial charge is 0.333 e. The highest BCUT2D eigenvalue weighted by molar-refractivity contribution is 5.81. The van der Waals surface area contributed by atoms with Crippen molar-refractivity contribution < 1.29 is 9.13 Å². The highest BCUT2D eigenvalue weighted by Gasteiger charge is 2.19. The van der Waals surface area contributed by atoms with Gasteiger partial charge in [0.25, 0.3) is 5.56 Å². The summed E-state index contributed by atoms with van der Waals surface area (Å²) in [6.45, 7) is 0.889. The maximum absolute atomic E-state index is 14.3. The van der Waals surface area contributed by atoms with Gasteiger partial charge in [-0.2, -0.15) is 0 Å². The maximum atomic E-state index is 14.3. The molecule has 0 amide bonds. The van der Waals surface area contributed by atoms with E-state index in [0.29, 0.717) is 40.8 Å². The Bertz CT molecular complexity index is 1600. The summed E-state index contributed by atoms with van der Waals surface area (Å²) in [6, 6.07) is 15.6. The van der Waals surface area contributed by atoms with Crippen LogP contribution in [0.5, 0.6) is 0 Å². The summed E-state index contributed by atoms with van der Waals surface area (Å²) in [5, 5.41) is 0.598. The molecule has 0 aliphatic rings. The molecule has 0 bridgehead atoms. The number of benzene rings is 2. The van der Waals surface area contributed by atoms with E-state index in [1.54, 1.807) is 30.0 Å². The van der Waals surface area contributed by atoms with Gasteiger partial charge in [0.1, 0.15) is 5.82 Å². The lowest BCUT2D eigenvalue weighted by atomic mass is 10.1. The molecule has 0 radical (unpaired) electrons. The van der Waals surface area contributed by atoms with E-state index in [1.807, 2.05) is 30.3 Å². The Morgan fingerprint density at radius 2 is 1.79 bits per heavy atom. The van der Waals surface area contributed by atoms with Crippen molar-refractivity contribution in [1.82, 2.24) is 23.7 Å². The molecule has 0 atom stereocenters. The molecule has 2 aromatic carbocycles. The normalized spacial score (nSPS) is 11.5. The minimum atomic E-state index is -0.522. The summed E-state index contributed by atoms with van der Waals surface area (Å²) in [5.74, 6) is -0.459. The summed E-state index contributed by atoms with van der Waals surface area (Å²) in [5.41, 5.74) is 1.45. The van der Waals surface area contributed by atoms with E-state index >= 15 is 0 Å². The van der Waals surface area contributed by atoms with Crippen LogP contribution < -0.4 is 11.2 Å². The molecule has 5 rings (SSSR count). The van der Waals surface area contributed by atoms with Crippen molar-refractivity contribution in [3.8, 4) is 0 Å². The first-order valence-corrected chi connectivity index (χ1v) is 10.8. The second-order valence-corrected chi connectivity index (χ2v) is 7.99. The lowest BCUT2D eigenvalue weighted by Gasteiger charge is -2.14. The van der Waals surface area contributed by atoms with Crippen molar-refractivity contribution in [3.63, 3.8) is 0 Å². The lowest BCUT2D eigenvalue weighted by Crippen LogP contribution is -2.41. The molecule has 8 nitrogen and oxygen atoms in total. The van der Waals surface area contributed by atoms with E-state index in [0.717, 1.165) is 10.1 Å². The Kier molecular flexibility index (Phi) is 5.77. The Balaban J connectivity index is 1.73. The van der Waals surface area contributed by atoms with Crippen LogP contribution in [0, 0.1) is 5.82 Å². The minimum Gasteiger partial charge on any atom is -0.383 e. The van der Waals surface area contributed by atoms with Gasteiger partial charge in [0.05, 0.1) is 31.5 Å². The van der Waals surface area contributed by atoms with E-state index < -0.39 is 17.1 Å². The molecular formula is C25H22FN5O3.